The Labute approximate surface area is 156 Å². The van der Waals surface area contributed by atoms with Gasteiger partial charge in [0.25, 0.3) is 0 Å². The fourth-order valence-electron chi connectivity index (χ4n) is 2.80. The number of pyridine rings is 1. The summed E-state index contributed by atoms with van der Waals surface area (Å²) in [6.07, 6.45) is 0. The molecule has 0 aliphatic rings. The van der Waals surface area contributed by atoms with Crippen LogP contribution in [0.4, 0.5) is 0 Å². The zero-order valence-corrected chi connectivity index (χ0v) is 15.3. The van der Waals surface area contributed by atoms with Crippen molar-refractivity contribution >= 4 is 22.7 Å². The van der Waals surface area contributed by atoms with Crippen LogP contribution in [0.3, 0.4) is 0 Å². The van der Waals surface area contributed by atoms with Crippen LogP contribution in [0, 0.1) is 6.92 Å². The molecular weight excluding hydrogens is 346 g/mol. The summed E-state index contributed by atoms with van der Waals surface area (Å²) in [4.78, 5) is 29.5. The quantitative estimate of drug-likeness (QED) is 0.491. The second kappa shape index (κ2) is 7.86. The van der Waals surface area contributed by atoms with Gasteiger partial charge in [-0.15, -0.1) is 0 Å². The molecule has 1 aromatic heterocycles. The van der Waals surface area contributed by atoms with Crippen molar-refractivity contribution < 1.29 is 23.8 Å². The lowest BCUT2D eigenvalue weighted by atomic mass is 10.1. The molecule has 0 aliphatic heterocycles. The third-order valence-electron chi connectivity index (χ3n) is 4.11. The fraction of sp³-hybridized carbons (Fsp3) is 0.190. The van der Waals surface area contributed by atoms with Gasteiger partial charge in [0.15, 0.2) is 6.61 Å². The van der Waals surface area contributed by atoms with Gasteiger partial charge >= 0.3 is 5.97 Å². The minimum atomic E-state index is -0.577. The summed E-state index contributed by atoms with van der Waals surface area (Å²) in [5.74, 6) is -0.0515. The van der Waals surface area contributed by atoms with Gasteiger partial charge in [-0.05, 0) is 37.3 Å². The number of ketones is 1. The number of nitrogens with zero attached hydrogens (tertiary/aromatic N) is 1. The van der Waals surface area contributed by atoms with Gasteiger partial charge in [0, 0.05) is 11.1 Å². The molecule has 0 N–H and O–H groups in total. The first kappa shape index (κ1) is 18.4. The molecule has 3 aromatic rings. The first-order valence-corrected chi connectivity index (χ1v) is 8.32. The monoisotopic (exact) mass is 365 g/mol. The number of aryl methyl sites for hydroxylation is 1. The summed E-state index contributed by atoms with van der Waals surface area (Å²) >= 11 is 0. The Hall–Kier alpha value is -3.41. The number of para-hydroxylation sites is 1. The Balaban J connectivity index is 1.82. The fourth-order valence-corrected chi connectivity index (χ4v) is 2.80. The topological polar surface area (TPSA) is 74.7 Å². The Morgan fingerprint density at radius 2 is 1.74 bits per heavy atom. The Bertz CT molecular complexity index is 1010. The maximum absolute atomic E-state index is 12.6. The molecule has 1 heterocycles. The standard InChI is InChI=1S/C21H19NO5/c1-13-10-16(15-6-4-5-7-18(15)22-13)21(24)27-12-19(23)17-11-14(25-2)8-9-20(17)26-3/h4-11H,12H2,1-3H3. The van der Waals surface area contributed by atoms with Gasteiger partial charge in [-0.25, -0.2) is 4.79 Å². The van der Waals surface area contributed by atoms with Crippen molar-refractivity contribution in [2.24, 2.45) is 0 Å². The van der Waals surface area contributed by atoms with Crippen LogP contribution in [0.25, 0.3) is 10.9 Å². The van der Waals surface area contributed by atoms with E-state index in [2.05, 4.69) is 4.98 Å². The smallest absolute Gasteiger partial charge is 0.339 e. The largest absolute Gasteiger partial charge is 0.497 e. The van der Waals surface area contributed by atoms with Crippen LogP contribution in [0.5, 0.6) is 11.5 Å². The number of ether oxygens (including phenoxy) is 3. The molecule has 0 aliphatic carbocycles. The van der Waals surface area contributed by atoms with Crippen LogP contribution in [0.2, 0.25) is 0 Å². The predicted octanol–water partition coefficient (Wildman–Crippen LogP) is 3.60. The van der Waals surface area contributed by atoms with Gasteiger partial charge in [0.05, 0.1) is 30.9 Å². The Kier molecular flexibility index (Phi) is 5.35. The average molecular weight is 365 g/mol. The van der Waals surface area contributed by atoms with Crippen molar-refractivity contribution in [3.8, 4) is 11.5 Å². The zero-order valence-electron chi connectivity index (χ0n) is 15.3. The first-order chi connectivity index (χ1) is 13.0. The van der Waals surface area contributed by atoms with E-state index in [9.17, 15) is 9.59 Å². The second-order valence-electron chi connectivity index (χ2n) is 5.89. The SMILES string of the molecule is COc1ccc(OC)c(C(=O)COC(=O)c2cc(C)nc3ccccc23)c1. The van der Waals surface area contributed by atoms with E-state index in [4.69, 9.17) is 14.2 Å². The maximum atomic E-state index is 12.6. The highest BCUT2D eigenvalue weighted by Crippen LogP contribution is 2.25. The van der Waals surface area contributed by atoms with E-state index in [1.165, 1.54) is 14.2 Å². The third kappa shape index (κ3) is 3.89. The summed E-state index contributed by atoms with van der Waals surface area (Å²) in [6.45, 7) is 1.40. The van der Waals surface area contributed by atoms with Crippen LogP contribution >= 0.6 is 0 Å². The molecule has 0 spiro atoms. The summed E-state index contributed by atoms with van der Waals surface area (Å²) in [7, 11) is 2.98. The summed E-state index contributed by atoms with van der Waals surface area (Å²) in [5.41, 5.74) is 2.07. The minimum absolute atomic E-state index is 0.292. The number of methoxy groups -OCH3 is 2. The van der Waals surface area contributed by atoms with E-state index >= 15 is 0 Å². The minimum Gasteiger partial charge on any atom is -0.497 e. The molecule has 0 saturated heterocycles. The lowest BCUT2D eigenvalue weighted by molar-refractivity contribution is 0.0475. The van der Waals surface area contributed by atoms with Gasteiger partial charge in [0.2, 0.25) is 5.78 Å². The van der Waals surface area contributed by atoms with Gasteiger partial charge in [-0.2, -0.15) is 0 Å². The first-order valence-electron chi connectivity index (χ1n) is 8.32. The van der Waals surface area contributed by atoms with Crippen molar-refractivity contribution in [3.05, 3.63) is 65.4 Å². The molecule has 6 nitrogen and oxygen atoms in total. The normalized spacial score (nSPS) is 10.5. The average Bonchev–Trinajstić information content (AvgIpc) is 2.70. The second-order valence-corrected chi connectivity index (χ2v) is 5.89. The highest BCUT2D eigenvalue weighted by Gasteiger charge is 2.18. The molecule has 2 aromatic carbocycles. The van der Waals surface area contributed by atoms with Crippen molar-refractivity contribution in [2.75, 3.05) is 20.8 Å². The van der Waals surface area contributed by atoms with E-state index < -0.39 is 12.6 Å². The molecule has 0 saturated carbocycles. The third-order valence-corrected chi connectivity index (χ3v) is 4.11. The van der Waals surface area contributed by atoms with Crippen LogP contribution in [-0.2, 0) is 4.74 Å². The van der Waals surface area contributed by atoms with Gasteiger partial charge < -0.3 is 14.2 Å². The lowest BCUT2D eigenvalue weighted by Gasteiger charge is -2.11. The summed E-state index contributed by atoms with van der Waals surface area (Å²) < 4.78 is 15.6. The molecule has 3 rings (SSSR count). The molecule has 0 fully saturated rings. The van der Waals surface area contributed by atoms with Gasteiger partial charge in [0.1, 0.15) is 11.5 Å². The van der Waals surface area contributed by atoms with Crippen LogP contribution in [-0.4, -0.2) is 37.6 Å². The number of rotatable bonds is 6. The number of esters is 1. The highest BCUT2D eigenvalue weighted by atomic mass is 16.5. The Morgan fingerprint density at radius 3 is 2.48 bits per heavy atom. The van der Waals surface area contributed by atoms with Crippen LogP contribution in [0.15, 0.2) is 48.5 Å². The maximum Gasteiger partial charge on any atom is 0.339 e. The number of benzene rings is 2. The van der Waals surface area contributed by atoms with Crippen LogP contribution < -0.4 is 9.47 Å². The van der Waals surface area contributed by atoms with Gasteiger partial charge in [-0.1, -0.05) is 18.2 Å². The number of hydrogen-bond donors (Lipinski definition) is 0. The number of carbonyl (C=O) groups is 2. The molecule has 0 unspecified atom stereocenters. The number of carbonyl (C=O) groups excluding carboxylic acids is 2. The number of aromatic nitrogens is 1. The van der Waals surface area contributed by atoms with E-state index in [1.54, 1.807) is 37.3 Å². The zero-order chi connectivity index (χ0) is 19.4. The number of hydrogen-bond acceptors (Lipinski definition) is 6. The van der Waals surface area contributed by atoms with Crippen molar-refractivity contribution in [3.63, 3.8) is 0 Å². The molecule has 0 bridgehead atoms. The molecule has 27 heavy (non-hydrogen) atoms. The van der Waals surface area contributed by atoms with E-state index in [0.717, 1.165) is 0 Å². The molecule has 6 heteroatoms. The summed E-state index contributed by atoms with van der Waals surface area (Å²) in [6, 6.07) is 13.8. The lowest BCUT2D eigenvalue weighted by Crippen LogP contribution is -2.15. The molecule has 0 atom stereocenters. The van der Waals surface area contributed by atoms with E-state index in [0.29, 0.717) is 39.2 Å². The van der Waals surface area contributed by atoms with Crippen molar-refractivity contribution in [1.82, 2.24) is 4.98 Å². The van der Waals surface area contributed by atoms with E-state index in [1.807, 2.05) is 18.2 Å². The van der Waals surface area contributed by atoms with Gasteiger partial charge in [-0.3, -0.25) is 9.78 Å². The van der Waals surface area contributed by atoms with Crippen LogP contribution in [0.1, 0.15) is 26.4 Å². The predicted molar refractivity (Wildman–Crippen MR) is 101 cm³/mol. The highest BCUT2D eigenvalue weighted by molar-refractivity contribution is 6.05. The van der Waals surface area contributed by atoms with Crippen molar-refractivity contribution in [2.45, 2.75) is 6.92 Å². The van der Waals surface area contributed by atoms with E-state index in [-0.39, 0.29) is 5.78 Å². The molecule has 0 radical (unpaired) electrons. The van der Waals surface area contributed by atoms with Crippen molar-refractivity contribution in [1.29, 1.82) is 0 Å². The summed E-state index contributed by atoms with van der Waals surface area (Å²) in [5, 5.41) is 0.680. The molecule has 0 amide bonds. The number of Topliss-reactive ketones (excluding diaryl/α,β-unsaturated/α-hetero) is 1. The number of fused-ring (bicyclic) bond motifs is 1. The molecular formula is C21H19NO5. The molecule has 138 valence electrons. The Morgan fingerprint density at radius 1 is 0.963 bits per heavy atom.